The minimum atomic E-state index is -0.303. The summed E-state index contributed by atoms with van der Waals surface area (Å²) in [6, 6.07) is 4.64. The topological polar surface area (TPSA) is 18.5 Å². The van der Waals surface area contributed by atoms with Crippen LogP contribution in [0.5, 0.6) is 5.75 Å². The summed E-state index contributed by atoms with van der Waals surface area (Å²) in [5.74, 6) is 0.550. The van der Waals surface area contributed by atoms with E-state index >= 15 is 0 Å². The van der Waals surface area contributed by atoms with Crippen LogP contribution in [0.2, 0.25) is 0 Å². The van der Waals surface area contributed by atoms with E-state index in [4.69, 9.17) is 21.1 Å². The second-order valence-corrected chi connectivity index (χ2v) is 4.96. The molecule has 0 saturated heterocycles. The maximum absolute atomic E-state index is 13.3. The van der Waals surface area contributed by atoms with Crippen LogP contribution in [0.1, 0.15) is 31.2 Å². The van der Waals surface area contributed by atoms with Crippen molar-refractivity contribution in [1.82, 2.24) is 0 Å². The number of alkyl halides is 1. The van der Waals surface area contributed by atoms with Crippen molar-refractivity contribution >= 4 is 11.6 Å². The Balaban J connectivity index is 2.02. The van der Waals surface area contributed by atoms with Crippen LogP contribution in [0.25, 0.3) is 0 Å². The molecule has 4 heteroatoms. The lowest BCUT2D eigenvalue weighted by Crippen LogP contribution is -2.29. The van der Waals surface area contributed by atoms with Gasteiger partial charge in [0.25, 0.3) is 0 Å². The van der Waals surface area contributed by atoms with Crippen molar-refractivity contribution in [2.45, 2.75) is 43.8 Å². The summed E-state index contributed by atoms with van der Waals surface area (Å²) in [6.45, 7) is 0. The van der Waals surface area contributed by atoms with Crippen molar-refractivity contribution in [2.24, 2.45) is 0 Å². The summed E-state index contributed by atoms with van der Waals surface area (Å²) in [6.07, 6.45) is 4.38. The minimum Gasteiger partial charge on any atom is -0.490 e. The Bertz CT molecular complexity index is 397. The average molecular weight is 273 g/mol. The number of benzene rings is 1. The molecule has 0 spiro atoms. The lowest BCUT2D eigenvalue weighted by atomic mass is 9.95. The number of hydrogen-bond acceptors (Lipinski definition) is 2. The second-order valence-electron chi connectivity index (χ2n) is 4.69. The maximum Gasteiger partial charge on any atom is 0.127 e. The molecule has 1 aliphatic rings. The van der Waals surface area contributed by atoms with Gasteiger partial charge in [-0.15, -0.1) is 11.6 Å². The van der Waals surface area contributed by atoms with Crippen LogP contribution >= 0.6 is 11.6 Å². The predicted molar refractivity (Wildman–Crippen MR) is 69.6 cm³/mol. The summed E-state index contributed by atoms with van der Waals surface area (Å²) in [5.41, 5.74) is 0.741. The molecule has 1 saturated carbocycles. The molecule has 2 rings (SSSR count). The summed E-state index contributed by atoms with van der Waals surface area (Å²) in [7, 11) is 1.72. The molecule has 18 heavy (non-hydrogen) atoms. The molecular weight excluding hydrogens is 255 g/mol. The first-order chi connectivity index (χ1) is 8.71. The van der Waals surface area contributed by atoms with Crippen molar-refractivity contribution < 1.29 is 13.9 Å². The van der Waals surface area contributed by atoms with Crippen molar-refractivity contribution in [2.75, 3.05) is 7.11 Å². The summed E-state index contributed by atoms with van der Waals surface area (Å²) in [4.78, 5) is 0. The third kappa shape index (κ3) is 3.59. The van der Waals surface area contributed by atoms with Gasteiger partial charge in [-0.2, -0.15) is 0 Å². The van der Waals surface area contributed by atoms with Crippen LogP contribution in [0, 0.1) is 5.82 Å². The molecule has 0 heterocycles. The van der Waals surface area contributed by atoms with Crippen molar-refractivity contribution in [3.05, 3.63) is 29.6 Å². The first-order valence-corrected chi connectivity index (χ1v) is 6.79. The van der Waals surface area contributed by atoms with E-state index in [1.165, 1.54) is 12.1 Å². The van der Waals surface area contributed by atoms with Gasteiger partial charge in [0.05, 0.1) is 6.10 Å². The van der Waals surface area contributed by atoms with Gasteiger partial charge in [0.15, 0.2) is 0 Å². The van der Waals surface area contributed by atoms with E-state index in [1.807, 2.05) is 0 Å². The van der Waals surface area contributed by atoms with Gasteiger partial charge < -0.3 is 9.47 Å². The Labute approximate surface area is 112 Å². The molecule has 0 aliphatic heterocycles. The highest BCUT2D eigenvalue weighted by molar-refractivity contribution is 6.17. The molecule has 100 valence electrons. The Morgan fingerprint density at radius 1 is 1.28 bits per heavy atom. The van der Waals surface area contributed by atoms with Gasteiger partial charge in [0, 0.05) is 25.5 Å². The van der Waals surface area contributed by atoms with Crippen LogP contribution in [0.15, 0.2) is 18.2 Å². The molecule has 2 nitrogen and oxygen atoms in total. The molecule has 0 bridgehead atoms. The number of hydrogen-bond donors (Lipinski definition) is 0. The smallest absolute Gasteiger partial charge is 0.127 e. The van der Waals surface area contributed by atoms with Gasteiger partial charge in [-0.25, -0.2) is 4.39 Å². The van der Waals surface area contributed by atoms with E-state index < -0.39 is 0 Å². The number of halogens is 2. The highest BCUT2D eigenvalue weighted by Gasteiger charge is 2.23. The van der Waals surface area contributed by atoms with Crippen molar-refractivity contribution in [3.8, 4) is 5.75 Å². The zero-order chi connectivity index (χ0) is 13.0. The van der Waals surface area contributed by atoms with Crippen LogP contribution in [0.4, 0.5) is 4.39 Å². The fourth-order valence-corrected chi connectivity index (χ4v) is 2.54. The van der Waals surface area contributed by atoms with Gasteiger partial charge in [0.1, 0.15) is 17.7 Å². The molecule has 0 amide bonds. The minimum absolute atomic E-state index is 0.105. The lowest BCUT2D eigenvalue weighted by molar-refractivity contribution is 0.0209. The standard InChI is InChI=1S/C14H18ClFO2/c1-17-12-3-2-4-13(8-12)18-14-6-10(9-15)5-11(16)7-14/h5-7,12-13H,2-4,8-9H2,1H3. The largest absolute Gasteiger partial charge is 0.490 e. The lowest BCUT2D eigenvalue weighted by Gasteiger charge is -2.28. The van der Waals surface area contributed by atoms with E-state index in [1.54, 1.807) is 13.2 Å². The number of ether oxygens (including phenoxy) is 2. The Morgan fingerprint density at radius 3 is 2.78 bits per heavy atom. The van der Waals surface area contributed by atoms with E-state index in [-0.39, 0.29) is 18.0 Å². The Kier molecular flexibility index (Phi) is 4.84. The second kappa shape index (κ2) is 6.39. The molecule has 0 radical (unpaired) electrons. The summed E-state index contributed by atoms with van der Waals surface area (Å²) >= 11 is 5.72. The van der Waals surface area contributed by atoms with Crippen LogP contribution in [-0.2, 0) is 10.6 Å². The quantitative estimate of drug-likeness (QED) is 0.774. The molecule has 0 aromatic heterocycles. The van der Waals surface area contributed by atoms with E-state index in [2.05, 4.69) is 0 Å². The van der Waals surface area contributed by atoms with Gasteiger partial charge in [-0.05, 0) is 37.0 Å². The molecule has 1 aromatic carbocycles. The Morgan fingerprint density at radius 2 is 2.06 bits per heavy atom. The third-order valence-corrected chi connectivity index (χ3v) is 3.61. The van der Waals surface area contributed by atoms with E-state index in [9.17, 15) is 4.39 Å². The molecule has 1 aliphatic carbocycles. The van der Waals surface area contributed by atoms with Gasteiger partial charge in [-0.1, -0.05) is 0 Å². The van der Waals surface area contributed by atoms with E-state index in [0.29, 0.717) is 11.6 Å². The van der Waals surface area contributed by atoms with Gasteiger partial charge in [-0.3, -0.25) is 0 Å². The van der Waals surface area contributed by atoms with Crippen molar-refractivity contribution in [3.63, 3.8) is 0 Å². The number of methoxy groups -OCH3 is 1. The predicted octanol–water partition coefficient (Wildman–Crippen LogP) is 3.90. The third-order valence-electron chi connectivity index (χ3n) is 3.30. The first-order valence-electron chi connectivity index (χ1n) is 6.26. The van der Waals surface area contributed by atoms with Gasteiger partial charge in [0.2, 0.25) is 0 Å². The highest BCUT2D eigenvalue weighted by Crippen LogP contribution is 2.26. The van der Waals surface area contributed by atoms with Gasteiger partial charge >= 0.3 is 0 Å². The van der Waals surface area contributed by atoms with Crippen LogP contribution < -0.4 is 4.74 Å². The molecule has 2 atom stereocenters. The number of rotatable bonds is 4. The zero-order valence-corrected chi connectivity index (χ0v) is 11.3. The highest BCUT2D eigenvalue weighted by atomic mass is 35.5. The summed E-state index contributed by atoms with van der Waals surface area (Å²) < 4.78 is 24.5. The molecular formula is C14H18ClFO2. The molecule has 1 aromatic rings. The van der Waals surface area contributed by atoms with Crippen LogP contribution in [-0.4, -0.2) is 19.3 Å². The SMILES string of the molecule is COC1CCCC(Oc2cc(F)cc(CCl)c2)C1. The maximum atomic E-state index is 13.3. The fraction of sp³-hybridized carbons (Fsp3) is 0.571. The first kappa shape index (κ1) is 13.6. The fourth-order valence-electron chi connectivity index (χ4n) is 2.38. The molecule has 0 N–H and O–H groups in total. The van der Waals surface area contributed by atoms with Crippen LogP contribution in [0.3, 0.4) is 0 Å². The van der Waals surface area contributed by atoms with E-state index in [0.717, 1.165) is 31.2 Å². The zero-order valence-electron chi connectivity index (χ0n) is 10.5. The average Bonchev–Trinajstić information content (AvgIpc) is 2.38. The molecule has 1 fully saturated rings. The van der Waals surface area contributed by atoms with Crippen molar-refractivity contribution in [1.29, 1.82) is 0 Å². The monoisotopic (exact) mass is 272 g/mol. The molecule has 2 unspecified atom stereocenters. The Hall–Kier alpha value is -0.800. The normalized spacial score (nSPS) is 23.9. The summed E-state index contributed by atoms with van der Waals surface area (Å²) in [5, 5.41) is 0.